The Morgan fingerprint density at radius 2 is 1.76 bits per heavy atom. The quantitative estimate of drug-likeness (QED) is 0.817. The number of carbonyl (C=O) groups excluding carboxylic acids is 1. The third-order valence-corrected chi connectivity index (χ3v) is 4.93. The zero-order valence-corrected chi connectivity index (χ0v) is 12.7. The molecule has 1 aliphatic carbocycles. The van der Waals surface area contributed by atoms with Crippen molar-refractivity contribution in [1.82, 2.24) is 4.90 Å². The summed E-state index contributed by atoms with van der Waals surface area (Å²) in [7, 11) is 0. The fraction of sp³-hybridized carbons (Fsp3) is 0.611. The number of aliphatic hydroxyl groups excluding tert-OH is 1. The topological polar surface area (TPSA) is 40.5 Å². The third kappa shape index (κ3) is 2.98. The zero-order valence-electron chi connectivity index (χ0n) is 12.7. The molecule has 21 heavy (non-hydrogen) atoms. The molecule has 3 rings (SSSR count). The van der Waals surface area contributed by atoms with Crippen LogP contribution in [-0.2, 0) is 16.6 Å². The predicted molar refractivity (Wildman–Crippen MR) is 83.2 cm³/mol. The molecule has 1 saturated heterocycles. The van der Waals surface area contributed by atoms with Crippen LogP contribution in [0.4, 0.5) is 0 Å². The number of aryl methyl sites for hydroxylation is 1. The van der Waals surface area contributed by atoms with E-state index in [0.717, 1.165) is 58.0 Å². The summed E-state index contributed by atoms with van der Waals surface area (Å²) in [4.78, 5) is 14.8. The third-order valence-electron chi connectivity index (χ3n) is 4.93. The molecule has 114 valence electrons. The fourth-order valence-corrected chi connectivity index (χ4v) is 3.41. The first kappa shape index (κ1) is 14.6. The molecule has 2 fully saturated rings. The molecule has 1 aliphatic heterocycles. The van der Waals surface area contributed by atoms with Crippen molar-refractivity contribution in [3.63, 3.8) is 0 Å². The van der Waals surface area contributed by atoms with Crippen molar-refractivity contribution in [2.45, 2.75) is 50.4 Å². The molecule has 1 heterocycles. The average molecular weight is 287 g/mol. The Bertz CT molecular complexity index is 484. The highest BCUT2D eigenvalue weighted by molar-refractivity contribution is 5.91. The summed E-state index contributed by atoms with van der Waals surface area (Å²) in [5, 5.41) is 8.83. The van der Waals surface area contributed by atoms with E-state index in [0.29, 0.717) is 5.91 Å². The molecule has 0 radical (unpaired) electrons. The van der Waals surface area contributed by atoms with Crippen LogP contribution in [0.25, 0.3) is 0 Å². The first-order valence-corrected chi connectivity index (χ1v) is 8.26. The molecule has 1 aromatic rings. The van der Waals surface area contributed by atoms with Crippen LogP contribution in [0.5, 0.6) is 0 Å². The molecule has 0 spiro atoms. The monoisotopic (exact) mass is 287 g/mol. The minimum Gasteiger partial charge on any atom is -0.396 e. The van der Waals surface area contributed by atoms with Gasteiger partial charge in [-0.3, -0.25) is 4.79 Å². The summed E-state index contributed by atoms with van der Waals surface area (Å²) in [5.74, 6) is 0.355. The standard InChI is InChI=1S/C18H25NO2/c20-14-4-1-5-15-6-8-16(9-7-15)18(10-11-18)17(21)19-12-2-3-13-19/h6-9,20H,1-5,10-14H2. The lowest BCUT2D eigenvalue weighted by molar-refractivity contribution is -0.132. The molecule has 1 aromatic carbocycles. The molecular formula is C18H25NO2. The number of likely N-dealkylation sites (tertiary alicyclic amines) is 1. The number of amides is 1. The highest BCUT2D eigenvalue weighted by Crippen LogP contribution is 2.50. The van der Waals surface area contributed by atoms with E-state index in [1.54, 1.807) is 0 Å². The number of aliphatic hydroxyl groups is 1. The lowest BCUT2D eigenvalue weighted by atomic mass is 9.93. The van der Waals surface area contributed by atoms with Gasteiger partial charge in [-0.15, -0.1) is 0 Å². The number of carbonyl (C=O) groups is 1. The lowest BCUT2D eigenvalue weighted by Gasteiger charge is -2.23. The van der Waals surface area contributed by atoms with Gasteiger partial charge in [0, 0.05) is 19.7 Å². The maximum atomic E-state index is 12.7. The van der Waals surface area contributed by atoms with Gasteiger partial charge in [0.1, 0.15) is 0 Å². The predicted octanol–water partition coefficient (Wildman–Crippen LogP) is 2.66. The minimum atomic E-state index is -0.200. The van der Waals surface area contributed by atoms with Crippen LogP contribution >= 0.6 is 0 Å². The Morgan fingerprint density at radius 1 is 1.10 bits per heavy atom. The van der Waals surface area contributed by atoms with Crippen LogP contribution < -0.4 is 0 Å². The van der Waals surface area contributed by atoms with Gasteiger partial charge in [0.15, 0.2) is 0 Å². The second-order valence-corrected chi connectivity index (χ2v) is 6.46. The van der Waals surface area contributed by atoms with Crippen LogP contribution in [0.15, 0.2) is 24.3 Å². The minimum absolute atomic E-state index is 0.200. The van der Waals surface area contributed by atoms with Crippen molar-refractivity contribution in [1.29, 1.82) is 0 Å². The summed E-state index contributed by atoms with van der Waals surface area (Å²) in [6.07, 6.45) is 7.22. The number of nitrogens with zero attached hydrogens (tertiary/aromatic N) is 1. The van der Waals surface area contributed by atoms with Gasteiger partial charge >= 0.3 is 0 Å². The number of unbranched alkanes of at least 4 members (excludes halogenated alkanes) is 1. The molecule has 3 heteroatoms. The van der Waals surface area contributed by atoms with E-state index in [-0.39, 0.29) is 12.0 Å². The fourth-order valence-electron chi connectivity index (χ4n) is 3.41. The Balaban J connectivity index is 1.67. The first-order valence-electron chi connectivity index (χ1n) is 8.26. The summed E-state index contributed by atoms with van der Waals surface area (Å²) >= 11 is 0. The van der Waals surface area contributed by atoms with Gasteiger partial charge in [0.05, 0.1) is 5.41 Å². The molecular weight excluding hydrogens is 262 g/mol. The van der Waals surface area contributed by atoms with Crippen LogP contribution in [0.1, 0.15) is 49.7 Å². The van der Waals surface area contributed by atoms with E-state index in [2.05, 4.69) is 29.2 Å². The largest absolute Gasteiger partial charge is 0.396 e. The maximum Gasteiger partial charge on any atom is 0.233 e. The molecule has 0 atom stereocenters. The molecule has 0 unspecified atom stereocenters. The van der Waals surface area contributed by atoms with E-state index < -0.39 is 0 Å². The molecule has 0 aromatic heterocycles. The van der Waals surface area contributed by atoms with Gasteiger partial charge in [-0.1, -0.05) is 24.3 Å². The second-order valence-electron chi connectivity index (χ2n) is 6.46. The Kier molecular flexibility index (Phi) is 4.29. The average Bonchev–Trinajstić information content (AvgIpc) is 3.14. The highest BCUT2D eigenvalue weighted by atomic mass is 16.2. The van der Waals surface area contributed by atoms with E-state index in [1.165, 1.54) is 11.1 Å². The number of benzene rings is 1. The smallest absolute Gasteiger partial charge is 0.233 e. The summed E-state index contributed by atoms with van der Waals surface area (Å²) in [5.41, 5.74) is 2.30. The Labute approximate surface area is 127 Å². The molecule has 0 bridgehead atoms. The van der Waals surface area contributed by atoms with Crippen molar-refractivity contribution in [2.24, 2.45) is 0 Å². The highest BCUT2D eigenvalue weighted by Gasteiger charge is 2.53. The number of hydrogen-bond donors (Lipinski definition) is 1. The molecule has 2 aliphatic rings. The summed E-state index contributed by atoms with van der Waals surface area (Å²) < 4.78 is 0. The van der Waals surface area contributed by atoms with Crippen molar-refractivity contribution in [2.75, 3.05) is 19.7 Å². The van der Waals surface area contributed by atoms with E-state index in [9.17, 15) is 4.79 Å². The zero-order chi connectivity index (χ0) is 14.7. The SMILES string of the molecule is O=C(N1CCCC1)C1(c2ccc(CCCCO)cc2)CC1. The molecule has 3 nitrogen and oxygen atoms in total. The van der Waals surface area contributed by atoms with E-state index >= 15 is 0 Å². The van der Waals surface area contributed by atoms with Gasteiger partial charge < -0.3 is 10.0 Å². The Morgan fingerprint density at radius 3 is 2.33 bits per heavy atom. The maximum absolute atomic E-state index is 12.7. The number of hydrogen-bond acceptors (Lipinski definition) is 2. The van der Waals surface area contributed by atoms with Crippen molar-refractivity contribution >= 4 is 5.91 Å². The lowest BCUT2D eigenvalue weighted by Crippen LogP contribution is -2.37. The van der Waals surface area contributed by atoms with Gasteiger partial charge in [-0.05, 0) is 56.1 Å². The Hall–Kier alpha value is -1.35. The number of rotatable bonds is 6. The molecule has 1 N–H and O–H groups in total. The van der Waals surface area contributed by atoms with E-state index in [4.69, 9.17) is 5.11 Å². The van der Waals surface area contributed by atoms with Gasteiger partial charge in [-0.2, -0.15) is 0 Å². The summed E-state index contributed by atoms with van der Waals surface area (Å²) in [6.45, 7) is 2.16. The normalized spacial score (nSPS) is 19.8. The van der Waals surface area contributed by atoms with Crippen molar-refractivity contribution < 1.29 is 9.90 Å². The van der Waals surface area contributed by atoms with Crippen LogP contribution in [0, 0.1) is 0 Å². The molecule has 1 amide bonds. The first-order chi connectivity index (χ1) is 10.3. The van der Waals surface area contributed by atoms with Crippen LogP contribution in [-0.4, -0.2) is 35.6 Å². The van der Waals surface area contributed by atoms with Gasteiger partial charge in [0.2, 0.25) is 5.91 Å². The van der Waals surface area contributed by atoms with E-state index in [1.807, 2.05) is 0 Å². The van der Waals surface area contributed by atoms with Crippen LogP contribution in [0.2, 0.25) is 0 Å². The summed E-state index contributed by atoms with van der Waals surface area (Å²) in [6, 6.07) is 8.61. The second kappa shape index (κ2) is 6.18. The molecule has 1 saturated carbocycles. The van der Waals surface area contributed by atoms with Crippen LogP contribution in [0.3, 0.4) is 0 Å². The van der Waals surface area contributed by atoms with Gasteiger partial charge in [0.25, 0.3) is 0 Å². The van der Waals surface area contributed by atoms with Crippen molar-refractivity contribution in [3.05, 3.63) is 35.4 Å². The van der Waals surface area contributed by atoms with Gasteiger partial charge in [-0.25, -0.2) is 0 Å². The van der Waals surface area contributed by atoms with Crippen molar-refractivity contribution in [3.8, 4) is 0 Å².